The molecule has 20 heavy (non-hydrogen) atoms. The first-order valence-corrected chi connectivity index (χ1v) is 6.52. The maximum absolute atomic E-state index is 11.8. The Labute approximate surface area is 117 Å². The fourth-order valence-corrected chi connectivity index (χ4v) is 1.80. The molecule has 0 radical (unpaired) electrons. The summed E-state index contributed by atoms with van der Waals surface area (Å²) in [4.78, 5) is 23.5. The molecule has 5 heteroatoms. The highest BCUT2D eigenvalue weighted by Crippen LogP contribution is 2.04. The lowest BCUT2D eigenvalue weighted by molar-refractivity contribution is 0.0948. The summed E-state index contributed by atoms with van der Waals surface area (Å²) < 4.78 is 1.30. The van der Waals surface area contributed by atoms with Gasteiger partial charge in [-0.3, -0.25) is 9.59 Å². The fraction of sp³-hybridized carbons (Fsp3) is 0.267. The van der Waals surface area contributed by atoms with Gasteiger partial charge >= 0.3 is 0 Å². The number of hydrogen-bond donors (Lipinski definition) is 1. The molecule has 0 unspecified atom stereocenters. The van der Waals surface area contributed by atoms with Crippen molar-refractivity contribution in [1.29, 1.82) is 0 Å². The molecule has 2 aromatic rings. The summed E-state index contributed by atoms with van der Waals surface area (Å²) in [5, 5.41) is 6.76. The fourth-order valence-electron chi connectivity index (χ4n) is 1.80. The van der Waals surface area contributed by atoms with Gasteiger partial charge in [0.25, 0.3) is 11.5 Å². The molecule has 1 amide bonds. The van der Waals surface area contributed by atoms with Crippen molar-refractivity contribution in [1.82, 2.24) is 15.1 Å². The van der Waals surface area contributed by atoms with E-state index in [9.17, 15) is 9.59 Å². The maximum atomic E-state index is 11.8. The molecule has 0 fully saturated rings. The van der Waals surface area contributed by atoms with Crippen molar-refractivity contribution in [3.05, 3.63) is 63.6 Å². The van der Waals surface area contributed by atoms with Crippen molar-refractivity contribution in [2.24, 2.45) is 0 Å². The highest BCUT2D eigenvalue weighted by Gasteiger charge is 2.08. The van der Waals surface area contributed by atoms with Crippen LogP contribution in [0, 0.1) is 6.92 Å². The summed E-state index contributed by atoms with van der Waals surface area (Å²) in [6, 6.07) is 10.7. The summed E-state index contributed by atoms with van der Waals surface area (Å²) in [5.74, 6) is -0.273. The molecule has 0 aliphatic heterocycles. The lowest BCUT2D eigenvalue weighted by Gasteiger charge is -2.07. The van der Waals surface area contributed by atoms with Gasteiger partial charge in [-0.25, -0.2) is 4.68 Å². The molecule has 0 aliphatic carbocycles. The summed E-state index contributed by atoms with van der Waals surface area (Å²) >= 11 is 0. The molecule has 0 spiro atoms. The quantitative estimate of drug-likeness (QED) is 0.913. The highest BCUT2D eigenvalue weighted by molar-refractivity contribution is 5.91. The summed E-state index contributed by atoms with van der Waals surface area (Å²) in [6.07, 6.45) is 0. The standard InChI is InChI=1S/C15H17N3O2/c1-3-16-15(20)13-8-9-14(19)18(17-13)10-12-6-4-11(2)5-7-12/h4-9H,3,10H2,1-2H3,(H,16,20). The van der Waals surface area contributed by atoms with Crippen molar-refractivity contribution in [3.8, 4) is 0 Å². The van der Waals surface area contributed by atoms with Crippen molar-refractivity contribution >= 4 is 5.91 Å². The van der Waals surface area contributed by atoms with Gasteiger partial charge in [0.1, 0.15) is 5.69 Å². The van der Waals surface area contributed by atoms with Gasteiger partial charge in [0, 0.05) is 12.6 Å². The van der Waals surface area contributed by atoms with E-state index in [-0.39, 0.29) is 17.2 Å². The number of rotatable bonds is 4. The first kappa shape index (κ1) is 14.0. The SMILES string of the molecule is CCNC(=O)c1ccc(=O)n(Cc2ccc(C)cc2)n1. The van der Waals surface area contributed by atoms with Gasteiger partial charge in [0.15, 0.2) is 0 Å². The van der Waals surface area contributed by atoms with Crippen LogP contribution in [-0.4, -0.2) is 22.2 Å². The minimum absolute atomic E-state index is 0.223. The van der Waals surface area contributed by atoms with Crippen LogP contribution in [-0.2, 0) is 6.54 Å². The van der Waals surface area contributed by atoms with Gasteiger partial charge < -0.3 is 5.32 Å². The average Bonchev–Trinajstić information content (AvgIpc) is 2.44. The molecule has 0 aliphatic rings. The molecule has 1 heterocycles. The minimum Gasteiger partial charge on any atom is -0.351 e. The number of nitrogens with one attached hydrogen (secondary N) is 1. The number of carbonyl (C=O) groups is 1. The highest BCUT2D eigenvalue weighted by atomic mass is 16.2. The second kappa shape index (κ2) is 6.14. The van der Waals surface area contributed by atoms with Crippen LogP contribution in [0.1, 0.15) is 28.5 Å². The van der Waals surface area contributed by atoms with E-state index in [1.165, 1.54) is 16.8 Å². The third-order valence-electron chi connectivity index (χ3n) is 2.89. The van der Waals surface area contributed by atoms with Crippen LogP contribution >= 0.6 is 0 Å². The Morgan fingerprint density at radius 1 is 1.20 bits per heavy atom. The minimum atomic E-state index is -0.273. The molecular formula is C15H17N3O2. The predicted octanol–water partition coefficient (Wildman–Crippen LogP) is 1.35. The van der Waals surface area contributed by atoms with E-state index in [1.807, 2.05) is 38.1 Å². The lowest BCUT2D eigenvalue weighted by atomic mass is 10.1. The Morgan fingerprint density at radius 2 is 1.90 bits per heavy atom. The van der Waals surface area contributed by atoms with E-state index in [1.54, 1.807) is 0 Å². The van der Waals surface area contributed by atoms with Crippen LogP contribution in [0.4, 0.5) is 0 Å². The van der Waals surface area contributed by atoms with Gasteiger partial charge in [-0.2, -0.15) is 5.10 Å². The van der Waals surface area contributed by atoms with Crippen LogP contribution in [0.25, 0.3) is 0 Å². The molecule has 1 N–H and O–H groups in total. The Morgan fingerprint density at radius 3 is 2.55 bits per heavy atom. The van der Waals surface area contributed by atoms with Crippen LogP contribution in [0.5, 0.6) is 0 Å². The number of amides is 1. The number of aromatic nitrogens is 2. The molecular weight excluding hydrogens is 254 g/mol. The predicted molar refractivity (Wildman–Crippen MR) is 76.8 cm³/mol. The Bertz CT molecular complexity index is 660. The van der Waals surface area contributed by atoms with Crippen LogP contribution in [0.3, 0.4) is 0 Å². The Kier molecular flexibility index (Phi) is 4.30. The Hall–Kier alpha value is -2.43. The number of hydrogen-bond acceptors (Lipinski definition) is 3. The van der Waals surface area contributed by atoms with E-state index in [0.717, 1.165) is 11.1 Å². The van der Waals surface area contributed by atoms with Gasteiger partial charge in [-0.1, -0.05) is 29.8 Å². The van der Waals surface area contributed by atoms with Crippen molar-refractivity contribution < 1.29 is 4.79 Å². The van der Waals surface area contributed by atoms with E-state index < -0.39 is 0 Å². The molecule has 1 aromatic heterocycles. The smallest absolute Gasteiger partial charge is 0.271 e. The van der Waals surface area contributed by atoms with Crippen LogP contribution in [0.15, 0.2) is 41.2 Å². The van der Waals surface area contributed by atoms with E-state index in [0.29, 0.717) is 13.1 Å². The first-order valence-electron chi connectivity index (χ1n) is 6.52. The zero-order valence-electron chi connectivity index (χ0n) is 11.6. The topological polar surface area (TPSA) is 64.0 Å². The summed E-state index contributed by atoms with van der Waals surface area (Å²) in [7, 11) is 0. The molecule has 0 saturated heterocycles. The van der Waals surface area contributed by atoms with E-state index >= 15 is 0 Å². The third-order valence-corrected chi connectivity index (χ3v) is 2.89. The normalized spacial score (nSPS) is 10.3. The monoisotopic (exact) mass is 271 g/mol. The van der Waals surface area contributed by atoms with Gasteiger partial charge in [-0.05, 0) is 25.5 Å². The van der Waals surface area contributed by atoms with Gasteiger partial charge in [0.05, 0.1) is 6.54 Å². The van der Waals surface area contributed by atoms with E-state index in [2.05, 4.69) is 10.4 Å². The maximum Gasteiger partial charge on any atom is 0.271 e. The molecule has 0 atom stereocenters. The van der Waals surface area contributed by atoms with Gasteiger partial charge in [0.2, 0.25) is 0 Å². The van der Waals surface area contributed by atoms with Crippen molar-refractivity contribution in [2.45, 2.75) is 20.4 Å². The summed E-state index contributed by atoms with van der Waals surface area (Å²) in [6.45, 7) is 4.72. The summed E-state index contributed by atoms with van der Waals surface area (Å²) in [5.41, 5.74) is 2.15. The average molecular weight is 271 g/mol. The largest absolute Gasteiger partial charge is 0.351 e. The zero-order valence-corrected chi connectivity index (χ0v) is 11.6. The molecule has 5 nitrogen and oxygen atoms in total. The molecule has 2 rings (SSSR count). The molecule has 104 valence electrons. The zero-order chi connectivity index (χ0) is 14.5. The molecule has 0 bridgehead atoms. The molecule has 1 aromatic carbocycles. The van der Waals surface area contributed by atoms with Crippen LogP contribution < -0.4 is 10.9 Å². The lowest BCUT2D eigenvalue weighted by Crippen LogP contribution is -2.29. The molecule has 0 saturated carbocycles. The van der Waals surface area contributed by atoms with Gasteiger partial charge in [-0.15, -0.1) is 0 Å². The number of nitrogens with zero attached hydrogens (tertiary/aromatic N) is 2. The number of aryl methyl sites for hydroxylation is 1. The third kappa shape index (κ3) is 3.32. The second-order valence-corrected chi connectivity index (χ2v) is 4.56. The number of carbonyl (C=O) groups excluding carboxylic acids is 1. The van der Waals surface area contributed by atoms with E-state index in [4.69, 9.17) is 0 Å². The Balaban J connectivity index is 2.27. The second-order valence-electron chi connectivity index (χ2n) is 4.56. The number of benzene rings is 1. The van der Waals surface area contributed by atoms with Crippen LogP contribution in [0.2, 0.25) is 0 Å². The van der Waals surface area contributed by atoms with Crippen molar-refractivity contribution in [3.63, 3.8) is 0 Å². The first-order chi connectivity index (χ1) is 9.60. The van der Waals surface area contributed by atoms with Crippen molar-refractivity contribution in [2.75, 3.05) is 6.54 Å².